The first-order valence-corrected chi connectivity index (χ1v) is 4.46. The summed E-state index contributed by atoms with van der Waals surface area (Å²) in [6.45, 7) is 2.00. The van der Waals surface area contributed by atoms with Crippen molar-refractivity contribution in [2.45, 2.75) is 20.0 Å². The number of halogens is 3. The Labute approximate surface area is 90.2 Å². The predicted octanol–water partition coefficient (Wildman–Crippen LogP) is 1.35. The van der Waals surface area contributed by atoms with E-state index in [0.717, 1.165) is 0 Å². The van der Waals surface area contributed by atoms with E-state index < -0.39 is 12.7 Å². The highest BCUT2D eigenvalue weighted by Crippen LogP contribution is 2.21. The maximum Gasteiger partial charge on any atom is 0.405 e. The van der Waals surface area contributed by atoms with Crippen molar-refractivity contribution in [3.8, 4) is 0 Å². The van der Waals surface area contributed by atoms with Gasteiger partial charge in [0.15, 0.2) is 0 Å². The molecule has 0 radical (unpaired) electrons. The summed E-state index contributed by atoms with van der Waals surface area (Å²) in [7, 11) is 0. The van der Waals surface area contributed by atoms with Crippen LogP contribution in [0, 0.1) is 13.8 Å². The van der Waals surface area contributed by atoms with Crippen LogP contribution < -0.4 is 16.6 Å². The maximum atomic E-state index is 12.0. The van der Waals surface area contributed by atoms with Crippen LogP contribution in [0.1, 0.15) is 11.4 Å². The Morgan fingerprint density at radius 1 is 1.19 bits per heavy atom. The van der Waals surface area contributed by atoms with Crippen LogP contribution in [-0.2, 0) is 0 Å². The van der Waals surface area contributed by atoms with Gasteiger partial charge in [-0.15, -0.1) is 0 Å². The van der Waals surface area contributed by atoms with Gasteiger partial charge in [-0.3, -0.25) is 0 Å². The minimum Gasteiger partial charge on any atom is -0.361 e. The minimum atomic E-state index is -4.29. The highest BCUT2D eigenvalue weighted by atomic mass is 19.4. The molecule has 0 aliphatic rings. The average Bonchev–Trinajstić information content (AvgIpc) is 2.17. The molecule has 0 saturated carbocycles. The Morgan fingerprint density at radius 2 is 1.75 bits per heavy atom. The van der Waals surface area contributed by atoms with E-state index in [4.69, 9.17) is 5.84 Å². The number of nitrogens with two attached hydrogens (primary N) is 1. The number of aromatic nitrogens is 2. The van der Waals surface area contributed by atoms with Crippen molar-refractivity contribution in [3.63, 3.8) is 0 Å². The smallest absolute Gasteiger partial charge is 0.361 e. The van der Waals surface area contributed by atoms with E-state index in [-0.39, 0.29) is 5.82 Å². The van der Waals surface area contributed by atoms with Gasteiger partial charge in [0.05, 0.1) is 0 Å². The van der Waals surface area contributed by atoms with Crippen LogP contribution in [0.15, 0.2) is 0 Å². The molecule has 0 fully saturated rings. The lowest BCUT2D eigenvalue weighted by molar-refractivity contribution is -0.115. The Kier molecular flexibility index (Phi) is 3.53. The van der Waals surface area contributed by atoms with Crippen LogP contribution in [0.3, 0.4) is 0 Å². The number of nitrogens with zero attached hydrogens (tertiary/aromatic N) is 2. The van der Waals surface area contributed by atoms with Crippen molar-refractivity contribution < 1.29 is 13.2 Å². The standard InChI is InChI=1S/C8H12F3N5/c1-4-6(13-3-8(9,10)11)14-5(2)15-7(4)16-12/h3,12H2,1-2H3,(H2,13,14,15,16). The topological polar surface area (TPSA) is 75.9 Å². The average molecular weight is 235 g/mol. The number of hydrazine groups is 1. The Bertz CT molecular complexity index is 377. The molecule has 0 bridgehead atoms. The van der Waals surface area contributed by atoms with Gasteiger partial charge in [0, 0.05) is 5.56 Å². The molecule has 1 rings (SSSR count). The van der Waals surface area contributed by atoms with Crippen molar-refractivity contribution >= 4 is 11.6 Å². The molecule has 8 heteroatoms. The number of rotatable bonds is 3. The lowest BCUT2D eigenvalue weighted by Crippen LogP contribution is -2.23. The summed E-state index contributed by atoms with van der Waals surface area (Å²) in [5, 5.41) is 2.20. The van der Waals surface area contributed by atoms with E-state index in [2.05, 4.69) is 20.7 Å². The first kappa shape index (κ1) is 12.5. The molecular weight excluding hydrogens is 223 g/mol. The summed E-state index contributed by atoms with van der Waals surface area (Å²) in [6.07, 6.45) is -4.29. The molecule has 0 unspecified atom stereocenters. The van der Waals surface area contributed by atoms with Gasteiger partial charge in [0.1, 0.15) is 24.0 Å². The fraction of sp³-hybridized carbons (Fsp3) is 0.500. The van der Waals surface area contributed by atoms with Crippen molar-refractivity contribution in [2.75, 3.05) is 17.3 Å². The molecular formula is C8H12F3N5. The fourth-order valence-corrected chi connectivity index (χ4v) is 1.13. The van der Waals surface area contributed by atoms with Crippen LogP contribution in [0.4, 0.5) is 24.8 Å². The Hall–Kier alpha value is -1.57. The lowest BCUT2D eigenvalue weighted by Gasteiger charge is -2.13. The van der Waals surface area contributed by atoms with Gasteiger partial charge < -0.3 is 10.7 Å². The van der Waals surface area contributed by atoms with Crippen LogP contribution >= 0.6 is 0 Å². The molecule has 5 nitrogen and oxygen atoms in total. The third kappa shape index (κ3) is 3.23. The zero-order valence-corrected chi connectivity index (χ0v) is 8.81. The molecule has 4 N–H and O–H groups in total. The number of aryl methyl sites for hydroxylation is 1. The maximum absolute atomic E-state index is 12.0. The van der Waals surface area contributed by atoms with E-state index in [1.165, 1.54) is 0 Å². The highest BCUT2D eigenvalue weighted by molar-refractivity contribution is 5.56. The highest BCUT2D eigenvalue weighted by Gasteiger charge is 2.27. The SMILES string of the molecule is Cc1nc(NN)c(C)c(NCC(F)(F)F)n1. The second-order valence-corrected chi connectivity index (χ2v) is 3.21. The van der Waals surface area contributed by atoms with E-state index >= 15 is 0 Å². The molecule has 16 heavy (non-hydrogen) atoms. The minimum absolute atomic E-state index is 0.123. The zero-order chi connectivity index (χ0) is 12.3. The van der Waals surface area contributed by atoms with Gasteiger partial charge in [0.2, 0.25) is 0 Å². The number of hydrogen-bond donors (Lipinski definition) is 3. The lowest BCUT2D eigenvalue weighted by atomic mass is 10.3. The summed E-state index contributed by atoms with van der Waals surface area (Å²) in [5.41, 5.74) is 2.74. The van der Waals surface area contributed by atoms with E-state index in [1.807, 2.05) is 0 Å². The second-order valence-electron chi connectivity index (χ2n) is 3.21. The van der Waals surface area contributed by atoms with E-state index in [9.17, 15) is 13.2 Å². The van der Waals surface area contributed by atoms with Gasteiger partial charge in [-0.1, -0.05) is 0 Å². The van der Waals surface area contributed by atoms with Gasteiger partial charge in [0.25, 0.3) is 0 Å². The molecule has 1 aromatic heterocycles. The number of nitrogen functional groups attached to an aromatic ring is 1. The molecule has 90 valence electrons. The number of alkyl halides is 3. The normalized spacial score (nSPS) is 11.4. The van der Waals surface area contributed by atoms with Crippen molar-refractivity contribution in [3.05, 3.63) is 11.4 Å². The molecule has 0 aromatic carbocycles. The Morgan fingerprint density at radius 3 is 2.25 bits per heavy atom. The van der Waals surface area contributed by atoms with Crippen LogP contribution in [0.5, 0.6) is 0 Å². The molecule has 0 saturated heterocycles. The number of nitrogens with one attached hydrogen (secondary N) is 2. The van der Waals surface area contributed by atoms with Crippen LogP contribution in [0.25, 0.3) is 0 Å². The summed E-state index contributed by atoms with van der Waals surface area (Å²) < 4.78 is 36.0. The monoisotopic (exact) mass is 235 g/mol. The van der Waals surface area contributed by atoms with Gasteiger partial charge in [-0.05, 0) is 13.8 Å². The summed E-state index contributed by atoms with van der Waals surface area (Å²) in [4.78, 5) is 7.79. The molecule has 0 aliphatic carbocycles. The van der Waals surface area contributed by atoms with Crippen molar-refractivity contribution in [1.29, 1.82) is 0 Å². The number of anilines is 2. The van der Waals surface area contributed by atoms with Crippen molar-refractivity contribution in [1.82, 2.24) is 9.97 Å². The first-order chi connectivity index (χ1) is 7.33. The quantitative estimate of drug-likeness (QED) is 0.544. The van der Waals surface area contributed by atoms with E-state index in [1.54, 1.807) is 13.8 Å². The van der Waals surface area contributed by atoms with Gasteiger partial charge in [-0.25, -0.2) is 15.8 Å². The molecule has 1 heterocycles. The molecule has 0 spiro atoms. The predicted molar refractivity (Wildman–Crippen MR) is 53.9 cm³/mol. The zero-order valence-electron chi connectivity index (χ0n) is 8.81. The molecule has 0 amide bonds. The summed E-state index contributed by atoms with van der Waals surface area (Å²) in [5.74, 6) is 5.94. The van der Waals surface area contributed by atoms with Gasteiger partial charge >= 0.3 is 6.18 Å². The van der Waals surface area contributed by atoms with Crippen LogP contribution in [0.2, 0.25) is 0 Å². The van der Waals surface area contributed by atoms with E-state index in [0.29, 0.717) is 17.2 Å². The third-order valence-corrected chi connectivity index (χ3v) is 1.85. The molecule has 0 aliphatic heterocycles. The first-order valence-electron chi connectivity index (χ1n) is 4.46. The third-order valence-electron chi connectivity index (χ3n) is 1.85. The van der Waals surface area contributed by atoms with Gasteiger partial charge in [-0.2, -0.15) is 13.2 Å². The number of hydrogen-bond acceptors (Lipinski definition) is 5. The summed E-state index contributed by atoms with van der Waals surface area (Å²) >= 11 is 0. The fourth-order valence-electron chi connectivity index (χ4n) is 1.13. The Balaban J connectivity index is 2.91. The molecule has 1 aromatic rings. The molecule has 0 atom stereocenters. The van der Waals surface area contributed by atoms with Crippen molar-refractivity contribution in [2.24, 2.45) is 5.84 Å². The largest absolute Gasteiger partial charge is 0.405 e. The second kappa shape index (κ2) is 4.52. The van der Waals surface area contributed by atoms with Crippen LogP contribution in [-0.4, -0.2) is 22.7 Å². The summed E-state index contributed by atoms with van der Waals surface area (Å²) in [6, 6.07) is 0.